The van der Waals surface area contributed by atoms with Crippen LogP contribution in [0.2, 0.25) is 0 Å². The highest BCUT2D eigenvalue weighted by atomic mass is 32.2. The van der Waals surface area contributed by atoms with E-state index in [1.54, 1.807) is 18.2 Å². The van der Waals surface area contributed by atoms with Gasteiger partial charge in [-0.2, -0.15) is 0 Å². The third-order valence-corrected chi connectivity index (χ3v) is 6.68. The smallest absolute Gasteiger partial charge is 0.241 e. The van der Waals surface area contributed by atoms with Crippen LogP contribution in [0.3, 0.4) is 0 Å². The Morgan fingerprint density at radius 1 is 1.20 bits per heavy atom. The van der Waals surface area contributed by atoms with Crippen molar-refractivity contribution in [3.05, 3.63) is 41.6 Å². The van der Waals surface area contributed by atoms with E-state index in [0.717, 1.165) is 56.2 Å². The van der Waals surface area contributed by atoms with Crippen molar-refractivity contribution in [1.29, 1.82) is 0 Å². The van der Waals surface area contributed by atoms with Crippen molar-refractivity contribution in [3.63, 3.8) is 0 Å². The topological polar surface area (TPSA) is 95.8 Å². The van der Waals surface area contributed by atoms with E-state index in [9.17, 15) is 13.2 Å². The predicted octanol–water partition coefficient (Wildman–Crippen LogP) is 2.23. The number of aryl methyl sites for hydroxylation is 2. The van der Waals surface area contributed by atoms with E-state index in [1.165, 1.54) is 6.07 Å². The maximum absolute atomic E-state index is 12.8. The van der Waals surface area contributed by atoms with Crippen molar-refractivity contribution < 1.29 is 17.6 Å². The Balaban J connectivity index is 1.60. The number of sulfone groups is 1. The molecule has 3 rings (SSSR count). The van der Waals surface area contributed by atoms with E-state index in [1.807, 2.05) is 20.8 Å². The van der Waals surface area contributed by atoms with E-state index in [0.29, 0.717) is 12.2 Å². The van der Waals surface area contributed by atoms with Crippen molar-refractivity contribution in [3.8, 4) is 0 Å². The molecular formula is C21H30N4O4S. The van der Waals surface area contributed by atoms with Gasteiger partial charge in [0.1, 0.15) is 5.76 Å². The van der Waals surface area contributed by atoms with Gasteiger partial charge in [-0.15, -0.1) is 0 Å². The molecule has 164 valence electrons. The summed E-state index contributed by atoms with van der Waals surface area (Å²) < 4.78 is 29.7. The largest absolute Gasteiger partial charge is 0.444 e. The number of hydrogen-bond donors (Lipinski definition) is 1. The molecule has 1 aliphatic heterocycles. The van der Waals surface area contributed by atoms with Crippen LogP contribution in [-0.2, 0) is 21.2 Å². The van der Waals surface area contributed by atoms with Crippen LogP contribution >= 0.6 is 0 Å². The molecule has 1 N–H and O–H groups in total. The van der Waals surface area contributed by atoms with Crippen LogP contribution in [0.4, 0.5) is 5.69 Å². The van der Waals surface area contributed by atoms with Gasteiger partial charge in [0.15, 0.2) is 9.84 Å². The fourth-order valence-corrected chi connectivity index (χ4v) is 4.47. The average molecular weight is 435 g/mol. The quantitative estimate of drug-likeness (QED) is 0.745. The highest BCUT2D eigenvalue weighted by Crippen LogP contribution is 2.21. The molecule has 2 heterocycles. The molecular weight excluding hydrogens is 404 g/mol. The van der Waals surface area contributed by atoms with Gasteiger partial charge in [0.25, 0.3) is 0 Å². The van der Waals surface area contributed by atoms with Gasteiger partial charge >= 0.3 is 0 Å². The van der Waals surface area contributed by atoms with Crippen LogP contribution in [0.25, 0.3) is 0 Å². The zero-order valence-electron chi connectivity index (χ0n) is 18.0. The number of nitrogens with one attached hydrogen (secondary N) is 1. The first kappa shape index (κ1) is 22.5. The van der Waals surface area contributed by atoms with Gasteiger partial charge < -0.3 is 9.73 Å². The Morgan fingerprint density at radius 3 is 2.60 bits per heavy atom. The second-order valence-electron chi connectivity index (χ2n) is 7.85. The standard InChI is InChI=1S/C21H30N4O4S/c1-15-17(3)29-20(22-15)14-24-10-7-11-25(13-12-24)16(2)21(26)23-18-8-5-6-9-19(18)30(4,27)28/h5-6,8-9,16H,7,10-14H2,1-4H3,(H,23,26). The number of benzene rings is 1. The number of hydrogen-bond acceptors (Lipinski definition) is 7. The summed E-state index contributed by atoms with van der Waals surface area (Å²) in [5.74, 6) is 1.36. The molecule has 30 heavy (non-hydrogen) atoms. The first-order chi connectivity index (χ1) is 14.1. The van der Waals surface area contributed by atoms with Crippen molar-refractivity contribution in [1.82, 2.24) is 14.8 Å². The van der Waals surface area contributed by atoms with Gasteiger partial charge in [0, 0.05) is 25.9 Å². The highest BCUT2D eigenvalue weighted by Gasteiger charge is 2.26. The summed E-state index contributed by atoms with van der Waals surface area (Å²) in [6, 6.07) is 6.11. The second-order valence-corrected chi connectivity index (χ2v) is 9.83. The van der Waals surface area contributed by atoms with Crippen molar-refractivity contribution in [2.75, 3.05) is 37.8 Å². The van der Waals surface area contributed by atoms with Crippen molar-refractivity contribution >= 4 is 21.4 Å². The van der Waals surface area contributed by atoms with Crippen LogP contribution in [0, 0.1) is 13.8 Å². The third-order valence-electron chi connectivity index (χ3n) is 5.53. The van der Waals surface area contributed by atoms with E-state index >= 15 is 0 Å². The molecule has 1 saturated heterocycles. The van der Waals surface area contributed by atoms with Crippen LogP contribution < -0.4 is 5.32 Å². The molecule has 0 saturated carbocycles. The first-order valence-electron chi connectivity index (χ1n) is 10.1. The number of oxazole rings is 1. The van der Waals surface area contributed by atoms with Gasteiger partial charge in [-0.1, -0.05) is 12.1 Å². The SMILES string of the molecule is Cc1nc(CN2CCCN(C(C)C(=O)Nc3ccccc3S(C)(=O)=O)CC2)oc1C. The van der Waals surface area contributed by atoms with Gasteiger partial charge in [-0.3, -0.25) is 14.6 Å². The normalized spacial score (nSPS) is 17.5. The number of anilines is 1. The number of carbonyl (C=O) groups excluding carboxylic acids is 1. The van der Waals surface area contributed by atoms with Crippen molar-refractivity contribution in [2.24, 2.45) is 0 Å². The minimum Gasteiger partial charge on any atom is -0.444 e. The molecule has 0 spiro atoms. The summed E-state index contributed by atoms with van der Waals surface area (Å²) in [5, 5.41) is 2.80. The molecule has 0 aliphatic carbocycles. The fraction of sp³-hybridized carbons (Fsp3) is 0.524. The summed E-state index contributed by atoms with van der Waals surface area (Å²) in [6.07, 6.45) is 2.07. The average Bonchev–Trinajstić information content (AvgIpc) is 2.86. The molecule has 1 unspecified atom stereocenters. The molecule has 1 amide bonds. The Hall–Kier alpha value is -2.23. The third kappa shape index (κ3) is 5.47. The Kier molecular flexibility index (Phi) is 6.95. The Bertz CT molecular complexity index is 983. The number of nitrogens with zero attached hydrogens (tertiary/aromatic N) is 3. The number of rotatable bonds is 6. The minimum absolute atomic E-state index is 0.129. The number of carbonyl (C=O) groups is 1. The minimum atomic E-state index is -3.42. The zero-order chi connectivity index (χ0) is 21.9. The molecule has 1 fully saturated rings. The summed E-state index contributed by atoms with van der Waals surface area (Å²) in [4.78, 5) is 21.8. The molecule has 9 heteroatoms. The molecule has 2 aromatic rings. The monoisotopic (exact) mass is 434 g/mol. The number of aromatic nitrogens is 1. The molecule has 0 radical (unpaired) electrons. The maximum atomic E-state index is 12.8. The molecule has 1 atom stereocenters. The summed E-state index contributed by atoms with van der Waals surface area (Å²) in [7, 11) is -3.42. The fourth-order valence-electron chi connectivity index (χ4n) is 3.63. The Morgan fingerprint density at radius 2 is 1.93 bits per heavy atom. The molecule has 1 aliphatic rings. The lowest BCUT2D eigenvalue weighted by atomic mass is 10.2. The molecule has 1 aromatic heterocycles. The van der Waals surface area contributed by atoms with Gasteiger partial charge in [0.2, 0.25) is 11.8 Å². The predicted molar refractivity (Wildman–Crippen MR) is 115 cm³/mol. The van der Waals surface area contributed by atoms with Crippen LogP contribution in [0.5, 0.6) is 0 Å². The molecule has 0 bridgehead atoms. The van der Waals surface area contributed by atoms with E-state index < -0.39 is 9.84 Å². The van der Waals surface area contributed by atoms with Crippen molar-refractivity contribution in [2.45, 2.75) is 44.7 Å². The molecule has 1 aromatic carbocycles. The zero-order valence-corrected chi connectivity index (χ0v) is 18.8. The second kappa shape index (κ2) is 9.28. The highest BCUT2D eigenvalue weighted by molar-refractivity contribution is 7.90. The summed E-state index contributed by atoms with van der Waals surface area (Å²) in [6.45, 7) is 9.61. The van der Waals surface area contributed by atoms with Crippen LogP contribution in [-0.4, -0.2) is 67.6 Å². The lowest BCUT2D eigenvalue weighted by Gasteiger charge is -2.27. The Labute approximate surface area is 178 Å². The van der Waals surface area contributed by atoms with Gasteiger partial charge in [0.05, 0.1) is 28.9 Å². The lowest BCUT2D eigenvalue weighted by molar-refractivity contribution is -0.120. The number of amides is 1. The van der Waals surface area contributed by atoms with E-state index in [2.05, 4.69) is 20.1 Å². The summed E-state index contributed by atoms with van der Waals surface area (Å²) in [5.41, 5.74) is 1.24. The maximum Gasteiger partial charge on any atom is 0.241 e. The lowest BCUT2D eigenvalue weighted by Crippen LogP contribution is -2.44. The molecule has 8 nitrogen and oxygen atoms in total. The van der Waals surface area contributed by atoms with E-state index in [-0.39, 0.29) is 16.8 Å². The first-order valence-corrected chi connectivity index (χ1v) is 12.0. The van der Waals surface area contributed by atoms with Crippen LogP contribution in [0.15, 0.2) is 33.6 Å². The summed E-state index contributed by atoms with van der Waals surface area (Å²) >= 11 is 0. The van der Waals surface area contributed by atoms with Gasteiger partial charge in [-0.25, -0.2) is 13.4 Å². The van der Waals surface area contributed by atoms with Crippen LogP contribution in [0.1, 0.15) is 30.7 Å². The van der Waals surface area contributed by atoms with E-state index in [4.69, 9.17) is 4.42 Å². The van der Waals surface area contributed by atoms with Gasteiger partial charge in [-0.05, 0) is 45.9 Å². The number of para-hydroxylation sites is 1.